The Morgan fingerprint density at radius 3 is 2.88 bits per heavy atom. The molecule has 1 aromatic heterocycles. The van der Waals surface area contributed by atoms with Gasteiger partial charge in [-0.2, -0.15) is 9.99 Å². The first-order chi connectivity index (χ1) is 3.84. The largest absolute Gasteiger partial charge is 0.617 e. The number of hydrogen-bond acceptors (Lipinski definition) is 3. The fourth-order valence-corrected chi connectivity index (χ4v) is 0.863. The molecule has 0 saturated carbocycles. The van der Waals surface area contributed by atoms with Crippen molar-refractivity contribution >= 4 is 11.3 Å². The van der Waals surface area contributed by atoms with Gasteiger partial charge >= 0.3 is 5.01 Å². The normalized spacial score (nSPS) is 8.38. The van der Waals surface area contributed by atoms with Crippen molar-refractivity contribution < 1.29 is 4.73 Å². The van der Waals surface area contributed by atoms with Crippen molar-refractivity contribution in [1.29, 1.82) is 5.26 Å². The number of rotatable bonds is 0. The van der Waals surface area contributed by atoms with Gasteiger partial charge in [-0.3, -0.25) is 0 Å². The minimum atomic E-state index is 0.185. The molecule has 1 aromatic rings. The average Bonchev–Trinajstić information content (AvgIpc) is 2.14. The van der Waals surface area contributed by atoms with Gasteiger partial charge in [-0.15, -0.1) is 0 Å². The van der Waals surface area contributed by atoms with Crippen molar-refractivity contribution in [2.75, 3.05) is 0 Å². The first kappa shape index (κ1) is 5.06. The number of aromatic nitrogens is 1. The molecular formula is C4H2N2OS. The summed E-state index contributed by atoms with van der Waals surface area (Å²) in [7, 11) is 0. The highest BCUT2D eigenvalue weighted by molar-refractivity contribution is 7.09. The molecule has 0 aliphatic heterocycles. The highest BCUT2D eigenvalue weighted by atomic mass is 32.1. The quantitative estimate of drug-likeness (QED) is 0.369. The Hall–Kier alpha value is -1.08. The molecule has 0 unspecified atom stereocenters. The van der Waals surface area contributed by atoms with E-state index in [2.05, 4.69) is 0 Å². The lowest BCUT2D eigenvalue weighted by molar-refractivity contribution is -0.602. The summed E-state index contributed by atoms with van der Waals surface area (Å²) in [5.74, 6) is 0. The van der Waals surface area contributed by atoms with Gasteiger partial charge in [0.25, 0.3) is 0 Å². The molecule has 0 aromatic carbocycles. The topological polar surface area (TPSA) is 50.7 Å². The number of nitriles is 1. The maximum absolute atomic E-state index is 10.4. The van der Waals surface area contributed by atoms with Gasteiger partial charge in [-0.25, -0.2) is 0 Å². The van der Waals surface area contributed by atoms with Crippen molar-refractivity contribution in [1.82, 2.24) is 0 Å². The van der Waals surface area contributed by atoms with Crippen LogP contribution in [0.4, 0.5) is 0 Å². The Morgan fingerprint density at radius 2 is 2.62 bits per heavy atom. The van der Waals surface area contributed by atoms with Crippen LogP contribution >= 0.6 is 11.3 Å². The van der Waals surface area contributed by atoms with E-state index in [0.717, 1.165) is 11.3 Å². The van der Waals surface area contributed by atoms with E-state index in [1.165, 1.54) is 6.20 Å². The fraction of sp³-hybridized carbons (Fsp3) is 0. The molecule has 0 spiro atoms. The van der Waals surface area contributed by atoms with E-state index in [-0.39, 0.29) is 5.01 Å². The lowest BCUT2D eigenvalue weighted by Crippen LogP contribution is -2.25. The fourth-order valence-electron chi connectivity index (χ4n) is 0.345. The molecule has 3 nitrogen and oxygen atoms in total. The monoisotopic (exact) mass is 126 g/mol. The van der Waals surface area contributed by atoms with Crippen LogP contribution in [0.15, 0.2) is 11.6 Å². The molecule has 0 N–H and O–H groups in total. The van der Waals surface area contributed by atoms with Crippen molar-refractivity contribution in [3.8, 4) is 6.07 Å². The molecule has 0 bridgehead atoms. The van der Waals surface area contributed by atoms with E-state index in [0.29, 0.717) is 4.73 Å². The molecular weight excluding hydrogens is 124 g/mol. The van der Waals surface area contributed by atoms with E-state index in [9.17, 15) is 5.21 Å². The van der Waals surface area contributed by atoms with Crippen molar-refractivity contribution in [3.63, 3.8) is 0 Å². The first-order valence-corrected chi connectivity index (χ1v) is 2.79. The molecule has 0 aliphatic carbocycles. The maximum Gasteiger partial charge on any atom is 0.352 e. The summed E-state index contributed by atoms with van der Waals surface area (Å²) in [5.41, 5.74) is 0. The zero-order chi connectivity index (χ0) is 5.98. The summed E-state index contributed by atoms with van der Waals surface area (Å²) in [6, 6.07) is 1.74. The second kappa shape index (κ2) is 1.80. The summed E-state index contributed by atoms with van der Waals surface area (Å²) in [5, 5.41) is 20.3. The standard InChI is InChI=1S/C4H2N2OS/c5-3-4-6(7)1-2-8-4/h1-2H. The molecule has 0 radical (unpaired) electrons. The maximum atomic E-state index is 10.4. The van der Waals surface area contributed by atoms with Crippen LogP contribution in [-0.4, -0.2) is 0 Å². The third-order valence-electron chi connectivity index (χ3n) is 0.672. The Balaban J connectivity index is 3.15. The summed E-state index contributed by atoms with van der Waals surface area (Å²) < 4.78 is 0.546. The second-order valence-electron chi connectivity index (χ2n) is 1.15. The Labute approximate surface area is 50.0 Å². The van der Waals surface area contributed by atoms with Gasteiger partial charge in [-0.05, 0) is 0 Å². The van der Waals surface area contributed by atoms with Gasteiger partial charge in [-0.1, -0.05) is 11.3 Å². The van der Waals surface area contributed by atoms with Crippen LogP contribution < -0.4 is 4.73 Å². The average molecular weight is 126 g/mol. The molecule has 0 atom stereocenters. The summed E-state index contributed by atoms with van der Waals surface area (Å²) >= 11 is 1.14. The number of hydrogen-bond donors (Lipinski definition) is 0. The van der Waals surface area contributed by atoms with Crippen LogP contribution in [-0.2, 0) is 0 Å². The lowest BCUT2D eigenvalue weighted by Gasteiger charge is -1.84. The van der Waals surface area contributed by atoms with E-state index >= 15 is 0 Å². The van der Waals surface area contributed by atoms with Crippen molar-refractivity contribution in [2.45, 2.75) is 0 Å². The summed E-state index contributed by atoms with van der Waals surface area (Å²) in [6.45, 7) is 0. The third kappa shape index (κ3) is 0.634. The van der Waals surface area contributed by atoms with Gasteiger partial charge in [0.15, 0.2) is 12.3 Å². The van der Waals surface area contributed by atoms with Crippen molar-refractivity contribution in [3.05, 3.63) is 21.8 Å². The van der Waals surface area contributed by atoms with Crippen molar-refractivity contribution in [2.24, 2.45) is 0 Å². The molecule has 0 amide bonds. The second-order valence-corrected chi connectivity index (χ2v) is 2.04. The van der Waals surface area contributed by atoms with Crippen LogP contribution in [0.3, 0.4) is 0 Å². The lowest BCUT2D eigenvalue weighted by atomic mass is 10.8. The highest BCUT2D eigenvalue weighted by Gasteiger charge is 2.01. The van der Waals surface area contributed by atoms with E-state index in [1.54, 1.807) is 11.4 Å². The predicted molar refractivity (Wildman–Crippen MR) is 28.0 cm³/mol. The molecule has 8 heavy (non-hydrogen) atoms. The Bertz CT molecular complexity index is 224. The molecule has 4 heteroatoms. The van der Waals surface area contributed by atoms with E-state index in [4.69, 9.17) is 5.26 Å². The van der Waals surface area contributed by atoms with Gasteiger partial charge in [0.1, 0.15) is 0 Å². The highest BCUT2D eigenvalue weighted by Crippen LogP contribution is 1.96. The van der Waals surface area contributed by atoms with E-state index in [1.807, 2.05) is 0 Å². The number of nitrogens with zero attached hydrogens (tertiary/aromatic N) is 2. The third-order valence-corrected chi connectivity index (χ3v) is 1.42. The summed E-state index contributed by atoms with van der Waals surface area (Å²) in [4.78, 5) is 0. The number of thiazole rings is 1. The molecule has 1 heterocycles. The van der Waals surface area contributed by atoms with Gasteiger partial charge in [0.05, 0.1) is 5.38 Å². The van der Waals surface area contributed by atoms with Gasteiger partial charge < -0.3 is 5.21 Å². The van der Waals surface area contributed by atoms with Crippen LogP contribution in [0.25, 0.3) is 0 Å². The Morgan fingerprint density at radius 1 is 1.88 bits per heavy atom. The minimum absolute atomic E-state index is 0.185. The zero-order valence-electron chi connectivity index (χ0n) is 3.87. The molecule has 0 saturated heterocycles. The van der Waals surface area contributed by atoms with E-state index < -0.39 is 0 Å². The molecule has 0 fully saturated rings. The molecule has 40 valence electrons. The van der Waals surface area contributed by atoms with Gasteiger partial charge in [0.2, 0.25) is 0 Å². The van der Waals surface area contributed by atoms with Crippen LogP contribution in [0, 0.1) is 16.5 Å². The zero-order valence-corrected chi connectivity index (χ0v) is 4.68. The van der Waals surface area contributed by atoms with Crippen LogP contribution in [0.5, 0.6) is 0 Å². The van der Waals surface area contributed by atoms with Crippen LogP contribution in [0.2, 0.25) is 0 Å². The smallest absolute Gasteiger partial charge is 0.352 e. The SMILES string of the molecule is N#Cc1scc[n+]1[O-]. The Kier molecular flexibility index (Phi) is 1.14. The molecule has 1 rings (SSSR count). The molecule has 0 aliphatic rings. The minimum Gasteiger partial charge on any atom is -0.617 e. The van der Waals surface area contributed by atoms with Gasteiger partial charge in [0, 0.05) is 0 Å². The predicted octanol–water partition coefficient (Wildman–Crippen LogP) is 0.253. The van der Waals surface area contributed by atoms with Crippen LogP contribution in [0.1, 0.15) is 5.01 Å². The summed E-state index contributed by atoms with van der Waals surface area (Å²) in [6.07, 6.45) is 1.31. The first-order valence-electron chi connectivity index (χ1n) is 1.91.